The average molecular weight is 198 g/mol. The first-order valence-electron chi connectivity index (χ1n) is 4.45. The van der Waals surface area contributed by atoms with Crippen molar-refractivity contribution >= 4 is 11.6 Å². The molecule has 1 aliphatic rings. The molecule has 2 rings (SSSR count). The fourth-order valence-corrected chi connectivity index (χ4v) is 1.35. The highest BCUT2D eigenvalue weighted by Gasteiger charge is 2.23. The van der Waals surface area contributed by atoms with E-state index in [1.165, 1.54) is 12.8 Å². The summed E-state index contributed by atoms with van der Waals surface area (Å²) in [6.45, 7) is 0.459. The summed E-state index contributed by atoms with van der Waals surface area (Å²) in [6.07, 6.45) is 2.76. The molecule has 0 saturated heterocycles. The van der Waals surface area contributed by atoms with Gasteiger partial charge in [0.1, 0.15) is 5.75 Å². The first kappa shape index (κ1) is 8.85. The van der Waals surface area contributed by atoms with Crippen LogP contribution < -0.4 is 10.5 Å². The average Bonchev–Trinajstić information content (AvgIpc) is 2.92. The van der Waals surface area contributed by atoms with E-state index in [0.717, 1.165) is 11.3 Å². The van der Waals surface area contributed by atoms with Crippen molar-refractivity contribution < 1.29 is 4.74 Å². The fraction of sp³-hybridized carbons (Fsp3) is 0.400. The van der Waals surface area contributed by atoms with E-state index in [1.807, 2.05) is 18.2 Å². The van der Waals surface area contributed by atoms with E-state index in [4.69, 9.17) is 22.1 Å². The second kappa shape index (κ2) is 3.56. The first-order valence-corrected chi connectivity index (χ1v) is 4.82. The Labute approximate surface area is 82.6 Å². The molecule has 0 atom stereocenters. The summed E-state index contributed by atoms with van der Waals surface area (Å²) >= 11 is 5.91. The van der Waals surface area contributed by atoms with Gasteiger partial charge in [-0.2, -0.15) is 0 Å². The predicted octanol–water partition coefficient (Wildman–Crippen LogP) is 2.34. The van der Waals surface area contributed by atoms with Crippen molar-refractivity contribution in [2.45, 2.75) is 25.5 Å². The summed E-state index contributed by atoms with van der Waals surface area (Å²) < 4.78 is 5.61. The van der Waals surface area contributed by atoms with Crippen molar-refractivity contribution in [1.29, 1.82) is 0 Å². The number of rotatable bonds is 3. The Balaban J connectivity index is 2.16. The summed E-state index contributed by atoms with van der Waals surface area (Å²) in [5, 5.41) is 0.714. The molecule has 1 aromatic carbocycles. The van der Waals surface area contributed by atoms with E-state index < -0.39 is 0 Å². The van der Waals surface area contributed by atoms with Gasteiger partial charge < -0.3 is 10.5 Å². The minimum atomic E-state index is 0.423. The smallest absolute Gasteiger partial charge is 0.120 e. The normalized spacial score (nSPS) is 15.8. The summed E-state index contributed by atoms with van der Waals surface area (Å²) in [4.78, 5) is 0. The first-order chi connectivity index (χ1) is 6.29. The lowest BCUT2D eigenvalue weighted by Crippen LogP contribution is -2.00. The maximum atomic E-state index is 5.91. The van der Waals surface area contributed by atoms with E-state index in [1.54, 1.807) is 0 Å². The molecule has 1 fully saturated rings. The van der Waals surface area contributed by atoms with Crippen LogP contribution in [-0.4, -0.2) is 6.10 Å². The third kappa shape index (κ3) is 2.14. The van der Waals surface area contributed by atoms with Crippen LogP contribution in [0.15, 0.2) is 18.2 Å². The van der Waals surface area contributed by atoms with E-state index in [2.05, 4.69) is 0 Å². The van der Waals surface area contributed by atoms with Crippen LogP contribution in [0.1, 0.15) is 18.4 Å². The molecule has 0 heterocycles. The second-order valence-electron chi connectivity index (χ2n) is 3.27. The SMILES string of the molecule is NCc1cc(OC2CC2)ccc1Cl. The van der Waals surface area contributed by atoms with Crippen molar-refractivity contribution in [3.8, 4) is 5.75 Å². The van der Waals surface area contributed by atoms with Crippen molar-refractivity contribution in [2.24, 2.45) is 5.73 Å². The Bertz CT molecular complexity index is 310. The van der Waals surface area contributed by atoms with E-state index in [-0.39, 0.29) is 0 Å². The summed E-state index contributed by atoms with van der Waals surface area (Å²) in [7, 11) is 0. The maximum Gasteiger partial charge on any atom is 0.120 e. The second-order valence-corrected chi connectivity index (χ2v) is 3.68. The molecule has 0 aliphatic heterocycles. The molecule has 1 aromatic rings. The Hall–Kier alpha value is -0.730. The number of halogens is 1. The standard InChI is InChI=1S/C10H12ClNO/c11-10-4-3-9(5-7(10)6-12)13-8-1-2-8/h3-5,8H,1-2,6,12H2. The molecule has 0 bridgehead atoms. The van der Waals surface area contributed by atoms with Gasteiger partial charge in [0.05, 0.1) is 6.10 Å². The molecule has 70 valence electrons. The van der Waals surface area contributed by atoms with Crippen LogP contribution in [0.25, 0.3) is 0 Å². The summed E-state index contributed by atoms with van der Waals surface area (Å²) in [6, 6.07) is 5.64. The minimum Gasteiger partial charge on any atom is -0.490 e. The third-order valence-electron chi connectivity index (χ3n) is 2.06. The van der Waals surface area contributed by atoms with Crippen LogP contribution in [0.2, 0.25) is 5.02 Å². The van der Waals surface area contributed by atoms with Crippen LogP contribution in [0.5, 0.6) is 5.75 Å². The van der Waals surface area contributed by atoms with Crippen LogP contribution in [0.4, 0.5) is 0 Å². The van der Waals surface area contributed by atoms with Gasteiger partial charge in [-0.25, -0.2) is 0 Å². The molecule has 2 nitrogen and oxygen atoms in total. The molecule has 0 aromatic heterocycles. The van der Waals surface area contributed by atoms with Crippen LogP contribution in [-0.2, 0) is 6.54 Å². The van der Waals surface area contributed by atoms with Gasteiger partial charge in [0, 0.05) is 11.6 Å². The zero-order valence-corrected chi connectivity index (χ0v) is 8.05. The number of ether oxygens (including phenoxy) is 1. The molecular formula is C10H12ClNO. The quantitative estimate of drug-likeness (QED) is 0.808. The largest absolute Gasteiger partial charge is 0.490 e. The minimum absolute atomic E-state index is 0.423. The van der Waals surface area contributed by atoms with Crippen molar-refractivity contribution in [1.82, 2.24) is 0 Å². The Morgan fingerprint density at radius 1 is 1.46 bits per heavy atom. The zero-order chi connectivity index (χ0) is 9.26. The predicted molar refractivity (Wildman–Crippen MR) is 53.0 cm³/mol. The Kier molecular flexibility index (Phi) is 2.42. The van der Waals surface area contributed by atoms with Crippen molar-refractivity contribution in [3.63, 3.8) is 0 Å². The highest BCUT2D eigenvalue weighted by molar-refractivity contribution is 6.31. The Morgan fingerprint density at radius 2 is 2.23 bits per heavy atom. The molecular weight excluding hydrogens is 186 g/mol. The molecule has 1 aliphatic carbocycles. The summed E-state index contributed by atoms with van der Waals surface area (Å²) in [5.74, 6) is 0.882. The van der Waals surface area contributed by atoms with Crippen LogP contribution in [0, 0.1) is 0 Å². The Morgan fingerprint density at radius 3 is 2.85 bits per heavy atom. The van der Waals surface area contributed by atoms with Gasteiger partial charge in [-0.3, -0.25) is 0 Å². The van der Waals surface area contributed by atoms with Crippen LogP contribution >= 0.6 is 11.6 Å². The molecule has 13 heavy (non-hydrogen) atoms. The number of benzene rings is 1. The molecule has 0 radical (unpaired) electrons. The van der Waals surface area contributed by atoms with Gasteiger partial charge in [0.25, 0.3) is 0 Å². The monoisotopic (exact) mass is 197 g/mol. The number of nitrogens with two attached hydrogens (primary N) is 1. The topological polar surface area (TPSA) is 35.2 Å². The molecule has 0 spiro atoms. The van der Waals surface area contributed by atoms with Crippen LogP contribution in [0.3, 0.4) is 0 Å². The van der Waals surface area contributed by atoms with E-state index in [9.17, 15) is 0 Å². The number of hydrogen-bond donors (Lipinski definition) is 1. The molecule has 2 N–H and O–H groups in total. The highest BCUT2D eigenvalue weighted by atomic mass is 35.5. The fourth-order valence-electron chi connectivity index (χ4n) is 1.16. The van der Waals surface area contributed by atoms with Gasteiger partial charge in [0.2, 0.25) is 0 Å². The van der Waals surface area contributed by atoms with Gasteiger partial charge in [-0.1, -0.05) is 11.6 Å². The van der Waals surface area contributed by atoms with Gasteiger partial charge >= 0.3 is 0 Å². The van der Waals surface area contributed by atoms with Gasteiger partial charge in [0.15, 0.2) is 0 Å². The maximum absolute atomic E-state index is 5.91. The van der Waals surface area contributed by atoms with Crippen molar-refractivity contribution in [3.05, 3.63) is 28.8 Å². The zero-order valence-electron chi connectivity index (χ0n) is 7.29. The lowest BCUT2D eigenvalue weighted by Gasteiger charge is -2.06. The number of hydrogen-bond acceptors (Lipinski definition) is 2. The molecule has 1 saturated carbocycles. The van der Waals surface area contributed by atoms with E-state index in [0.29, 0.717) is 17.7 Å². The van der Waals surface area contributed by atoms with Gasteiger partial charge in [-0.05, 0) is 36.6 Å². The molecule has 0 unspecified atom stereocenters. The highest BCUT2D eigenvalue weighted by Crippen LogP contribution is 2.29. The van der Waals surface area contributed by atoms with Crippen molar-refractivity contribution in [2.75, 3.05) is 0 Å². The van der Waals surface area contributed by atoms with E-state index >= 15 is 0 Å². The lowest BCUT2D eigenvalue weighted by atomic mass is 10.2. The molecule has 0 amide bonds. The van der Waals surface area contributed by atoms with Gasteiger partial charge in [-0.15, -0.1) is 0 Å². The molecule has 3 heteroatoms. The lowest BCUT2D eigenvalue weighted by molar-refractivity contribution is 0.303. The summed E-state index contributed by atoms with van der Waals surface area (Å²) in [5.41, 5.74) is 6.47. The third-order valence-corrected chi connectivity index (χ3v) is 2.43.